The lowest BCUT2D eigenvalue weighted by atomic mass is 10.1. The summed E-state index contributed by atoms with van der Waals surface area (Å²) in [5.74, 6) is 0. The minimum atomic E-state index is 0.956. The fourth-order valence-corrected chi connectivity index (χ4v) is 4.43. The van der Waals surface area contributed by atoms with Crippen molar-refractivity contribution in [3.63, 3.8) is 0 Å². The highest BCUT2D eigenvalue weighted by molar-refractivity contribution is 7.18. The van der Waals surface area contributed by atoms with Gasteiger partial charge in [0.1, 0.15) is 6.33 Å². The Bertz CT molecular complexity index is 1180. The Morgan fingerprint density at radius 1 is 0.567 bits per heavy atom. The third-order valence-electron chi connectivity index (χ3n) is 4.88. The maximum absolute atomic E-state index is 4.35. The van der Waals surface area contributed by atoms with Crippen LogP contribution < -0.4 is 4.90 Å². The van der Waals surface area contributed by atoms with E-state index in [2.05, 4.69) is 99.8 Å². The largest absolute Gasteiger partial charge is 0.311 e. The maximum atomic E-state index is 4.35. The van der Waals surface area contributed by atoms with Crippen LogP contribution in [0.3, 0.4) is 0 Å². The highest BCUT2D eigenvalue weighted by Gasteiger charge is 2.12. The molecule has 0 N–H and O–H groups in total. The van der Waals surface area contributed by atoms with Gasteiger partial charge in [0.15, 0.2) is 0 Å². The smallest absolute Gasteiger partial charge is 0.116 e. The van der Waals surface area contributed by atoms with E-state index < -0.39 is 0 Å². The molecule has 5 rings (SSSR count). The van der Waals surface area contributed by atoms with E-state index in [1.54, 1.807) is 23.9 Å². The topological polar surface area (TPSA) is 29.0 Å². The van der Waals surface area contributed by atoms with Crippen LogP contribution in [-0.4, -0.2) is 9.97 Å². The number of hydrogen-bond acceptors (Lipinski definition) is 4. The van der Waals surface area contributed by atoms with Crippen molar-refractivity contribution in [2.45, 2.75) is 0 Å². The minimum absolute atomic E-state index is 0.956. The Morgan fingerprint density at radius 3 is 1.77 bits per heavy atom. The molecule has 30 heavy (non-hydrogen) atoms. The number of benzene rings is 3. The van der Waals surface area contributed by atoms with Crippen LogP contribution in [0.25, 0.3) is 21.0 Å². The lowest BCUT2D eigenvalue weighted by Gasteiger charge is -2.25. The monoisotopic (exact) mass is 405 g/mol. The molecule has 0 atom stereocenters. The quantitative estimate of drug-likeness (QED) is 0.306. The summed E-state index contributed by atoms with van der Waals surface area (Å²) in [6.45, 7) is 0. The van der Waals surface area contributed by atoms with E-state index in [-0.39, 0.29) is 0 Å². The SMILES string of the molecule is c1ccc(N(c2ccccc2)c2ccc(-c3ccc(-c4ccncn4)s3)cc2)cc1. The maximum Gasteiger partial charge on any atom is 0.116 e. The molecule has 0 unspecified atom stereocenters. The average molecular weight is 406 g/mol. The molecular formula is C26H19N3S. The van der Waals surface area contributed by atoms with Crippen LogP contribution in [0.15, 0.2) is 116 Å². The number of thiophene rings is 1. The number of nitrogens with zero attached hydrogens (tertiary/aromatic N) is 3. The van der Waals surface area contributed by atoms with Gasteiger partial charge in [-0.25, -0.2) is 9.97 Å². The first-order valence-corrected chi connectivity index (χ1v) is 10.6. The first-order valence-electron chi connectivity index (χ1n) is 9.75. The Labute approximate surface area is 179 Å². The lowest BCUT2D eigenvalue weighted by molar-refractivity contribution is 1.18. The van der Waals surface area contributed by atoms with Gasteiger partial charge in [-0.05, 0) is 60.2 Å². The second-order valence-electron chi connectivity index (χ2n) is 6.81. The van der Waals surface area contributed by atoms with Crippen LogP contribution in [0.1, 0.15) is 0 Å². The predicted molar refractivity (Wildman–Crippen MR) is 125 cm³/mol. The Balaban J connectivity index is 1.48. The fraction of sp³-hybridized carbons (Fsp3) is 0. The van der Waals surface area contributed by atoms with E-state index in [1.807, 2.05) is 18.2 Å². The average Bonchev–Trinajstić information content (AvgIpc) is 3.32. The second-order valence-corrected chi connectivity index (χ2v) is 7.90. The van der Waals surface area contributed by atoms with E-state index >= 15 is 0 Å². The molecule has 0 aliphatic heterocycles. The van der Waals surface area contributed by atoms with Gasteiger partial charge in [0.2, 0.25) is 0 Å². The zero-order valence-electron chi connectivity index (χ0n) is 16.2. The van der Waals surface area contributed by atoms with Crippen molar-refractivity contribution in [1.29, 1.82) is 0 Å². The fourth-order valence-electron chi connectivity index (χ4n) is 3.44. The van der Waals surface area contributed by atoms with Gasteiger partial charge in [-0.3, -0.25) is 0 Å². The molecular weight excluding hydrogens is 386 g/mol. The number of para-hydroxylation sites is 2. The van der Waals surface area contributed by atoms with Gasteiger partial charge in [-0.2, -0.15) is 0 Å². The molecule has 0 amide bonds. The lowest BCUT2D eigenvalue weighted by Crippen LogP contribution is -2.09. The summed E-state index contributed by atoms with van der Waals surface area (Å²) >= 11 is 1.74. The summed E-state index contributed by atoms with van der Waals surface area (Å²) in [6, 6.07) is 35.8. The van der Waals surface area contributed by atoms with Crippen LogP contribution in [-0.2, 0) is 0 Å². The number of rotatable bonds is 5. The van der Waals surface area contributed by atoms with Crippen molar-refractivity contribution in [1.82, 2.24) is 9.97 Å². The van der Waals surface area contributed by atoms with Crippen molar-refractivity contribution in [3.8, 4) is 21.0 Å². The van der Waals surface area contributed by atoms with Crippen LogP contribution in [0.5, 0.6) is 0 Å². The van der Waals surface area contributed by atoms with Crippen molar-refractivity contribution >= 4 is 28.4 Å². The number of anilines is 3. The third-order valence-corrected chi connectivity index (χ3v) is 6.04. The van der Waals surface area contributed by atoms with Crippen molar-refractivity contribution < 1.29 is 0 Å². The first kappa shape index (κ1) is 18.3. The molecule has 144 valence electrons. The highest BCUT2D eigenvalue weighted by Crippen LogP contribution is 2.37. The summed E-state index contributed by atoms with van der Waals surface area (Å²) in [4.78, 5) is 13.0. The zero-order valence-corrected chi connectivity index (χ0v) is 17.0. The molecule has 0 saturated carbocycles. The molecule has 0 fully saturated rings. The molecule has 3 aromatic carbocycles. The summed E-state index contributed by atoms with van der Waals surface area (Å²) in [7, 11) is 0. The van der Waals surface area contributed by atoms with Crippen molar-refractivity contribution in [2.24, 2.45) is 0 Å². The van der Waals surface area contributed by atoms with Gasteiger partial charge in [-0.15, -0.1) is 11.3 Å². The summed E-state index contributed by atoms with van der Waals surface area (Å²) in [5.41, 5.74) is 5.56. The molecule has 2 aromatic heterocycles. The van der Waals surface area contributed by atoms with Crippen LogP contribution in [0, 0.1) is 0 Å². The summed E-state index contributed by atoms with van der Waals surface area (Å²) < 4.78 is 0. The standard InChI is InChI=1S/C26H19N3S/c1-3-7-21(8-4-1)29(22-9-5-2-6-10-22)23-13-11-20(12-14-23)25-15-16-26(30-25)24-17-18-27-19-28-24/h1-19H. The van der Waals surface area contributed by atoms with Gasteiger partial charge in [0, 0.05) is 28.1 Å². The first-order chi connectivity index (χ1) is 14.9. The minimum Gasteiger partial charge on any atom is -0.311 e. The Morgan fingerprint density at radius 2 is 1.17 bits per heavy atom. The summed E-state index contributed by atoms with van der Waals surface area (Å²) in [5, 5.41) is 0. The zero-order chi connectivity index (χ0) is 20.2. The number of aromatic nitrogens is 2. The third kappa shape index (κ3) is 3.73. The predicted octanol–water partition coefficient (Wildman–Crippen LogP) is 7.34. The normalized spacial score (nSPS) is 10.7. The van der Waals surface area contributed by atoms with Crippen molar-refractivity contribution in [2.75, 3.05) is 4.90 Å². The molecule has 0 spiro atoms. The van der Waals surface area contributed by atoms with Crippen molar-refractivity contribution in [3.05, 3.63) is 116 Å². The molecule has 0 aliphatic carbocycles. The van der Waals surface area contributed by atoms with Gasteiger partial charge in [-0.1, -0.05) is 48.5 Å². The van der Waals surface area contributed by atoms with Gasteiger partial charge < -0.3 is 4.90 Å². The van der Waals surface area contributed by atoms with Gasteiger partial charge in [0.05, 0.1) is 10.6 Å². The van der Waals surface area contributed by atoms with Crippen LogP contribution >= 0.6 is 11.3 Å². The molecule has 5 aromatic rings. The van der Waals surface area contributed by atoms with E-state index in [1.165, 1.54) is 10.4 Å². The molecule has 0 aliphatic rings. The molecule has 2 heterocycles. The van der Waals surface area contributed by atoms with Crippen LogP contribution in [0.4, 0.5) is 17.1 Å². The molecule has 4 heteroatoms. The van der Waals surface area contributed by atoms with E-state index in [0.29, 0.717) is 0 Å². The van der Waals surface area contributed by atoms with E-state index in [9.17, 15) is 0 Å². The number of hydrogen-bond donors (Lipinski definition) is 0. The van der Waals surface area contributed by atoms with Gasteiger partial charge in [0.25, 0.3) is 0 Å². The van der Waals surface area contributed by atoms with Gasteiger partial charge >= 0.3 is 0 Å². The highest BCUT2D eigenvalue weighted by atomic mass is 32.1. The molecule has 0 radical (unpaired) electrons. The van der Waals surface area contributed by atoms with E-state index in [0.717, 1.165) is 27.6 Å². The Hall–Kier alpha value is -3.76. The molecule has 0 saturated heterocycles. The Kier molecular flexibility index (Phi) is 5.06. The second kappa shape index (κ2) is 8.31. The molecule has 3 nitrogen and oxygen atoms in total. The molecule has 0 bridgehead atoms. The van der Waals surface area contributed by atoms with E-state index in [4.69, 9.17) is 0 Å². The van der Waals surface area contributed by atoms with Crippen LogP contribution in [0.2, 0.25) is 0 Å². The summed E-state index contributed by atoms with van der Waals surface area (Å²) in [6.07, 6.45) is 3.36.